The lowest BCUT2D eigenvalue weighted by molar-refractivity contribution is -0.120. The Morgan fingerprint density at radius 2 is 1.56 bits per heavy atom. The monoisotopic (exact) mass is 429 g/mol. The van der Waals surface area contributed by atoms with Crippen molar-refractivity contribution >= 4 is 34.4 Å². The average molecular weight is 429 g/mol. The van der Waals surface area contributed by atoms with Crippen LogP contribution < -0.4 is 15.1 Å². The summed E-state index contributed by atoms with van der Waals surface area (Å²) < 4.78 is 13.9. The summed E-state index contributed by atoms with van der Waals surface area (Å²) in [6.45, 7) is 3.94. The molecular formula is C26H24FN3O2. The van der Waals surface area contributed by atoms with Gasteiger partial charge in [0.2, 0.25) is 0 Å². The molecule has 1 aliphatic heterocycles. The molecule has 1 N–H and O–H groups in total. The van der Waals surface area contributed by atoms with Crippen LogP contribution in [0.2, 0.25) is 0 Å². The van der Waals surface area contributed by atoms with E-state index in [1.807, 2.05) is 75.3 Å². The molecule has 32 heavy (non-hydrogen) atoms. The minimum absolute atomic E-state index is 0.167. The number of halogens is 1. The molecule has 5 nitrogen and oxygen atoms in total. The Labute approximate surface area is 186 Å². The Morgan fingerprint density at radius 3 is 2.19 bits per heavy atom. The Morgan fingerprint density at radius 1 is 0.844 bits per heavy atom. The number of carbonyl (C=O) groups excluding carboxylic acids is 2. The summed E-state index contributed by atoms with van der Waals surface area (Å²) in [7, 11) is 3.89. The molecule has 0 unspecified atom stereocenters. The fourth-order valence-corrected chi connectivity index (χ4v) is 3.65. The highest BCUT2D eigenvalue weighted by Gasteiger charge is 2.40. The smallest absolute Gasteiger partial charge is 0.282 e. The summed E-state index contributed by atoms with van der Waals surface area (Å²) >= 11 is 0. The fourth-order valence-electron chi connectivity index (χ4n) is 3.65. The first-order chi connectivity index (χ1) is 15.3. The van der Waals surface area contributed by atoms with Gasteiger partial charge in [-0.2, -0.15) is 0 Å². The number of nitrogens with zero attached hydrogens (tertiary/aromatic N) is 2. The molecule has 1 aliphatic rings. The molecule has 0 saturated heterocycles. The van der Waals surface area contributed by atoms with E-state index < -0.39 is 17.6 Å². The lowest BCUT2D eigenvalue weighted by Crippen LogP contribution is -2.32. The predicted molar refractivity (Wildman–Crippen MR) is 126 cm³/mol. The van der Waals surface area contributed by atoms with Crippen molar-refractivity contribution in [2.24, 2.45) is 0 Å². The highest BCUT2D eigenvalue weighted by Crippen LogP contribution is 2.34. The summed E-state index contributed by atoms with van der Waals surface area (Å²) in [5.74, 6) is -1.53. The minimum atomic E-state index is -0.523. The topological polar surface area (TPSA) is 52.7 Å². The number of imide groups is 1. The van der Waals surface area contributed by atoms with Crippen molar-refractivity contribution < 1.29 is 14.0 Å². The van der Waals surface area contributed by atoms with Crippen LogP contribution in [-0.2, 0) is 9.59 Å². The van der Waals surface area contributed by atoms with Gasteiger partial charge in [0.1, 0.15) is 11.5 Å². The SMILES string of the molecule is Cc1ccc(C2=C(Nc3ccc(N(C)C)cc3)C(=O)N(c3cccc(F)c3)C2=O)cc1C. The van der Waals surface area contributed by atoms with Gasteiger partial charge in [-0.1, -0.05) is 24.3 Å². The van der Waals surface area contributed by atoms with E-state index in [9.17, 15) is 14.0 Å². The van der Waals surface area contributed by atoms with E-state index in [1.165, 1.54) is 18.2 Å². The van der Waals surface area contributed by atoms with Gasteiger partial charge in [0.05, 0.1) is 11.3 Å². The molecule has 6 heteroatoms. The van der Waals surface area contributed by atoms with Crippen LogP contribution in [-0.4, -0.2) is 25.9 Å². The molecule has 0 aliphatic carbocycles. The maximum atomic E-state index is 13.9. The molecule has 162 valence electrons. The number of benzene rings is 3. The first-order valence-corrected chi connectivity index (χ1v) is 10.3. The number of nitrogens with one attached hydrogen (secondary N) is 1. The Hall–Kier alpha value is -3.93. The van der Waals surface area contributed by atoms with Crippen molar-refractivity contribution in [3.63, 3.8) is 0 Å². The van der Waals surface area contributed by atoms with E-state index in [2.05, 4.69) is 5.32 Å². The van der Waals surface area contributed by atoms with Crippen LogP contribution in [0.25, 0.3) is 5.57 Å². The first-order valence-electron chi connectivity index (χ1n) is 10.3. The predicted octanol–water partition coefficient (Wildman–Crippen LogP) is 4.91. The van der Waals surface area contributed by atoms with E-state index >= 15 is 0 Å². The van der Waals surface area contributed by atoms with Crippen LogP contribution >= 0.6 is 0 Å². The molecule has 0 radical (unpaired) electrons. The quantitative estimate of drug-likeness (QED) is 0.586. The van der Waals surface area contributed by atoms with Gasteiger partial charge in [-0.05, 0) is 73.0 Å². The van der Waals surface area contributed by atoms with E-state index in [4.69, 9.17) is 0 Å². The van der Waals surface area contributed by atoms with Crippen LogP contribution in [0.1, 0.15) is 16.7 Å². The molecule has 0 bridgehead atoms. The average Bonchev–Trinajstić information content (AvgIpc) is 3.00. The number of anilines is 3. The van der Waals surface area contributed by atoms with E-state index in [0.717, 1.165) is 21.7 Å². The first kappa shape index (κ1) is 21.3. The van der Waals surface area contributed by atoms with Gasteiger partial charge in [-0.3, -0.25) is 9.59 Å². The molecular weight excluding hydrogens is 405 g/mol. The van der Waals surface area contributed by atoms with Gasteiger partial charge >= 0.3 is 0 Å². The van der Waals surface area contributed by atoms with E-state index in [1.54, 1.807) is 6.07 Å². The lowest BCUT2D eigenvalue weighted by Gasteiger charge is -2.16. The van der Waals surface area contributed by atoms with Crippen molar-refractivity contribution in [3.8, 4) is 0 Å². The summed E-state index contributed by atoms with van der Waals surface area (Å²) in [5, 5.41) is 3.14. The van der Waals surface area contributed by atoms with Crippen molar-refractivity contribution in [1.82, 2.24) is 0 Å². The molecule has 3 aromatic rings. The van der Waals surface area contributed by atoms with Crippen LogP contribution in [0.5, 0.6) is 0 Å². The maximum absolute atomic E-state index is 13.9. The van der Waals surface area contributed by atoms with Crippen molar-refractivity contribution in [1.29, 1.82) is 0 Å². The molecule has 2 amide bonds. The zero-order valence-electron chi connectivity index (χ0n) is 18.4. The number of carbonyl (C=O) groups is 2. The third-order valence-corrected chi connectivity index (χ3v) is 5.60. The summed E-state index contributed by atoms with van der Waals surface area (Å²) in [5.41, 5.74) is 5.04. The second kappa shape index (κ2) is 8.30. The Kier molecular flexibility index (Phi) is 5.53. The van der Waals surface area contributed by atoms with Gasteiger partial charge in [-0.25, -0.2) is 9.29 Å². The molecule has 3 aromatic carbocycles. The number of aryl methyl sites for hydroxylation is 2. The molecule has 0 aromatic heterocycles. The van der Waals surface area contributed by atoms with Crippen LogP contribution in [0.3, 0.4) is 0 Å². The summed E-state index contributed by atoms with van der Waals surface area (Å²) in [6, 6.07) is 18.7. The Balaban J connectivity index is 1.81. The number of amides is 2. The normalized spacial score (nSPS) is 13.7. The van der Waals surface area contributed by atoms with Gasteiger partial charge in [0.25, 0.3) is 11.8 Å². The van der Waals surface area contributed by atoms with Crippen LogP contribution in [0, 0.1) is 19.7 Å². The van der Waals surface area contributed by atoms with Crippen molar-refractivity contribution in [3.05, 3.63) is 94.9 Å². The van der Waals surface area contributed by atoms with Crippen molar-refractivity contribution in [2.45, 2.75) is 13.8 Å². The number of hydrogen-bond donors (Lipinski definition) is 1. The second-order valence-electron chi connectivity index (χ2n) is 8.04. The van der Waals surface area contributed by atoms with Gasteiger partial charge in [0, 0.05) is 25.5 Å². The number of hydrogen-bond acceptors (Lipinski definition) is 4. The third-order valence-electron chi connectivity index (χ3n) is 5.60. The van der Waals surface area contributed by atoms with Crippen LogP contribution in [0.15, 0.2) is 72.4 Å². The maximum Gasteiger partial charge on any atom is 0.282 e. The van der Waals surface area contributed by atoms with Gasteiger partial charge in [0.15, 0.2) is 0 Å². The summed E-state index contributed by atoms with van der Waals surface area (Å²) in [4.78, 5) is 29.8. The van der Waals surface area contributed by atoms with E-state index in [0.29, 0.717) is 11.3 Å². The molecule has 4 rings (SSSR count). The van der Waals surface area contributed by atoms with Gasteiger partial charge < -0.3 is 10.2 Å². The zero-order valence-corrected chi connectivity index (χ0v) is 18.4. The van der Waals surface area contributed by atoms with Crippen molar-refractivity contribution in [2.75, 3.05) is 29.2 Å². The highest BCUT2D eigenvalue weighted by atomic mass is 19.1. The Bertz CT molecular complexity index is 1250. The van der Waals surface area contributed by atoms with E-state index in [-0.39, 0.29) is 17.0 Å². The minimum Gasteiger partial charge on any atom is -0.378 e. The molecule has 0 saturated carbocycles. The summed E-state index contributed by atoms with van der Waals surface area (Å²) in [6.07, 6.45) is 0. The second-order valence-corrected chi connectivity index (χ2v) is 8.04. The fraction of sp³-hybridized carbons (Fsp3) is 0.154. The molecule has 0 spiro atoms. The lowest BCUT2D eigenvalue weighted by atomic mass is 9.99. The molecule has 0 atom stereocenters. The van der Waals surface area contributed by atoms with Crippen LogP contribution in [0.4, 0.5) is 21.5 Å². The standard InChI is InChI=1S/C26H24FN3O2/c1-16-8-9-18(14-17(16)2)23-24(28-20-10-12-21(13-11-20)29(3)4)26(32)30(25(23)31)22-7-5-6-19(27)15-22/h5-15,28H,1-4H3. The zero-order chi connectivity index (χ0) is 23.0. The highest BCUT2D eigenvalue weighted by molar-refractivity contribution is 6.46. The third kappa shape index (κ3) is 3.87. The molecule has 1 heterocycles. The molecule has 0 fully saturated rings. The van der Waals surface area contributed by atoms with Gasteiger partial charge in [-0.15, -0.1) is 0 Å². The number of rotatable bonds is 5. The largest absolute Gasteiger partial charge is 0.378 e.